The normalized spacial score (nSPS) is 18.4. The summed E-state index contributed by atoms with van der Waals surface area (Å²) in [6.07, 6.45) is 2.28. The van der Waals surface area contributed by atoms with Gasteiger partial charge in [0.15, 0.2) is 12.6 Å². The standard InChI is InChI=1S/C24H32N4O3.HI/c1-17-8-10-19(11-9-17)23-20(6-4-12-30-23)15-28-24(26-2)27-14-18-5-3-7-21(13-18)31-16-22(25)29;/h3,5,7-11,13,20,23H,4,6,12,14-16H2,1-2H3,(H2,25,29)(H2,26,27,28);1H. The highest BCUT2D eigenvalue weighted by Gasteiger charge is 2.27. The van der Waals surface area contributed by atoms with Crippen molar-refractivity contribution in [2.75, 3.05) is 26.8 Å². The summed E-state index contributed by atoms with van der Waals surface area (Å²) >= 11 is 0. The summed E-state index contributed by atoms with van der Waals surface area (Å²) in [6, 6.07) is 16.2. The lowest BCUT2D eigenvalue weighted by Gasteiger charge is -2.32. The number of benzene rings is 2. The minimum absolute atomic E-state index is 0. The highest BCUT2D eigenvalue weighted by molar-refractivity contribution is 14.0. The van der Waals surface area contributed by atoms with Crippen molar-refractivity contribution >= 4 is 35.8 Å². The zero-order valence-electron chi connectivity index (χ0n) is 18.7. The number of nitrogens with one attached hydrogen (secondary N) is 2. The number of hydrogen-bond donors (Lipinski definition) is 3. The molecule has 0 saturated carbocycles. The molecule has 1 aliphatic heterocycles. The van der Waals surface area contributed by atoms with Crippen LogP contribution in [0.3, 0.4) is 0 Å². The molecule has 32 heavy (non-hydrogen) atoms. The minimum atomic E-state index is -0.497. The second kappa shape index (κ2) is 13.3. The van der Waals surface area contributed by atoms with E-state index in [0.717, 1.165) is 37.5 Å². The fourth-order valence-electron chi connectivity index (χ4n) is 3.71. The lowest BCUT2D eigenvalue weighted by molar-refractivity contribution is -0.119. The van der Waals surface area contributed by atoms with Gasteiger partial charge in [-0.25, -0.2) is 0 Å². The molecule has 0 bridgehead atoms. The van der Waals surface area contributed by atoms with Crippen molar-refractivity contribution in [1.82, 2.24) is 10.6 Å². The number of aliphatic imine (C=N–C) groups is 1. The average molecular weight is 552 g/mol. The molecule has 7 nitrogen and oxygen atoms in total. The number of carbonyl (C=O) groups excluding carboxylic acids is 1. The molecule has 2 unspecified atom stereocenters. The van der Waals surface area contributed by atoms with Crippen LogP contribution in [0, 0.1) is 12.8 Å². The van der Waals surface area contributed by atoms with Gasteiger partial charge in [-0.05, 0) is 43.0 Å². The summed E-state index contributed by atoms with van der Waals surface area (Å²) in [7, 11) is 1.76. The first-order valence-corrected chi connectivity index (χ1v) is 10.7. The molecule has 0 aromatic heterocycles. The molecule has 174 valence electrons. The van der Waals surface area contributed by atoms with Gasteiger partial charge in [-0.2, -0.15) is 0 Å². The Labute approximate surface area is 207 Å². The first-order valence-electron chi connectivity index (χ1n) is 10.7. The number of rotatable bonds is 8. The highest BCUT2D eigenvalue weighted by atomic mass is 127. The van der Waals surface area contributed by atoms with Gasteiger partial charge in [0.05, 0.1) is 6.10 Å². The van der Waals surface area contributed by atoms with Crippen LogP contribution in [0.15, 0.2) is 53.5 Å². The monoisotopic (exact) mass is 552 g/mol. The highest BCUT2D eigenvalue weighted by Crippen LogP contribution is 2.33. The number of hydrogen-bond acceptors (Lipinski definition) is 4. The molecular weight excluding hydrogens is 519 g/mol. The number of carbonyl (C=O) groups is 1. The quantitative estimate of drug-likeness (QED) is 0.265. The summed E-state index contributed by atoms with van der Waals surface area (Å²) in [5.74, 6) is 1.22. The van der Waals surface area contributed by atoms with E-state index in [0.29, 0.717) is 18.2 Å². The fraction of sp³-hybridized carbons (Fsp3) is 0.417. The van der Waals surface area contributed by atoms with E-state index >= 15 is 0 Å². The fourth-order valence-corrected chi connectivity index (χ4v) is 3.71. The number of nitrogens with zero attached hydrogens (tertiary/aromatic N) is 1. The number of ether oxygens (including phenoxy) is 2. The van der Waals surface area contributed by atoms with Crippen LogP contribution in [0.1, 0.15) is 35.6 Å². The molecule has 8 heteroatoms. The lowest BCUT2D eigenvalue weighted by atomic mass is 9.89. The Bertz CT molecular complexity index is 889. The number of aryl methyl sites for hydroxylation is 1. The minimum Gasteiger partial charge on any atom is -0.484 e. The topological polar surface area (TPSA) is 98.0 Å². The largest absolute Gasteiger partial charge is 0.484 e. The van der Waals surface area contributed by atoms with Gasteiger partial charge in [-0.15, -0.1) is 24.0 Å². The van der Waals surface area contributed by atoms with Gasteiger partial charge >= 0.3 is 0 Å². The Hall–Kier alpha value is -2.33. The Morgan fingerprint density at radius 2 is 2.00 bits per heavy atom. The Kier molecular flexibility index (Phi) is 10.8. The second-order valence-corrected chi connectivity index (χ2v) is 7.81. The van der Waals surface area contributed by atoms with Gasteiger partial charge in [-0.1, -0.05) is 42.0 Å². The second-order valence-electron chi connectivity index (χ2n) is 7.81. The predicted molar refractivity (Wildman–Crippen MR) is 137 cm³/mol. The first kappa shape index (κ1) is 25.9. The third-order valence-electron chi connectivity index (χ3n) is 5.35. The summed E-state index contributed by atoms with van der Waals surface area (Å²) in [4.78, 5) is 15.2. The molecule has 0 radical (unpaired) electrons. The third-order valence-corrected chi connectivity index (χ3v) is 5.35. The number of guanidine groups is 1. The molecule has 2 atom stereocenters. The first-order chi connectivity index (χ1) is 15.0. The molecule has 0 spiro atoms. The summed E-state index contributed by atoms with van der Waals surface area (Å²) < 4.78 is 11.5. The van der Waals surface area contributed by atoms with Crippen molar-refractivity contribution in [2.45, 2.75) is 32.4 Å². The van der Waals surface area contributed by atoms with Gasteiger partial charge in [0, 0.05) is 32.7 Å². The average Bonchev–Trinajstić information content (AvgIpc) is 2.79. The van der Waals surface area contributed by atoms with Crippen LogP contribution in [0.25, 0.3) is 0 Å². The maximum atomic E-state index is 10.9. The zero-order chi connectivity index (χ0) is 22.1. The third kappa shape index (κ3) is 7.98. The van der Waals surface area contributed by atoms with Crippen LogP contribution in [0.4, 0.5) is 0 Å². The molecule has 2 aromatic rings. The Morgan fingerprint density at radius 1 is 1.22 bits per heavy atom. The number of amides is 1. The van der Waals surface area contributed by atoms with Gasteiger partial charge in [0.1, 0.15) is 5.75 Å². The lowest BCUT2D eigenvalue weighted by Crippen LogP contribution is -2.41. The van der Waals surface area contributed by atoms with E-state index in [9.17, 15) is 4.79 Å². The summed E-state index contributed by atoms with van der Waals surface area (Å²) in [6.45, 7) is 4.12. The molecule has 4 N–H and O–H groups in total. The van der Waals surface area contributed by atoms with Crippen molar-refractivity contribution in [1.29, 1.82) is 0 Å². The summed E-state index contributed by atoms with van der Waals surface area (Å²) in [5.41, 5.74) is 8.63. The van der Waals surface area contributed by atoms with E-state index in [4.69, 9.17) is 15.2 Å². The smallest absolute Gasteiger partial charge is 0.255 e. The number of nitrogens with two attached hydrogens (primary N) is 1. The van der Waals surface area contributed by atoms with Crippen molar-refractivity contribution < 1.29 is 14.3 Å². The van der Waals surface area contributed by atoms with Crippen LogP contribution in [0.5, 0.6) is 5.75 Å². The Morgan fingerprint density at radius 3 is 2.72 bits per heavy atom. The van der Waals surface area contributed by atoms with Gasteiger partial charge < -0.3 is 25.8 Å². The van der Waals surface area contributed by atoms with Gasteiger partial charge in [-0.3, -0.25) is 9.79 Å². The van der Waals surface area contributed by atoms with E-state index < -0.39 is 5.91 Å². The van der Waals surface area contributed by atoms with Crippen molar-refractivity contribution in [3.63, 3.8) is 0 Å². The van der Waals surface area contributed by atoms with E-state index in [2.05, 4.69) is 46.8 Å². The van der Waals surface area contributed by atoms with E-state index in [1.165, 1.54) is 11.1 Å². The molecule has 1 fully saturated rings. The molecule has 2 aromatic carbocycles. The molecule has 3 rings (SSSR count). The van der Waals surface area contributed by atoms with Crippen LogP contribution < -0.4 is 21.1 Å². The molecule has 1 saturated heterocycles. The van der Waals surface area contributed by atoms with Crippen molar-refractivity contribution in [2.24, 2.45) is 16.6 Å². The van der Waals surface area contributed by atoms with E-state index in [1.807, 2.05) is 18.2 Å². The number of primary amides is 1. The summed E-state index contributed by atoms with van der Waals surface area (Å²) in [5, 5.41) is 6.77. The van der Waals surface area contributed by atoms with Crippen LogP contribution in [0.2, 0.25) is 0 Å². The van der Waals surface area contributed by atoms with E-state index in [-0.39, 0.29) is 36.7 Å². The van der Waals surface area contributed by atoms with Crippen LogP contribution in [-0.4, -0.2) is 38.7 Å². The van der Waals surface area contributed by atoms with Gasteiger partial charge in [0.25, 0.3) is 5.91 Å². The van der Waals surface area contributed by atoms with E-state index in [1.54, 1.807) is 13.1 Å². The van der Waals surface area contributed by atoms with Crippen molar-refractivity contribution in [3.8, 4) is 5.75 Å². The maximum Gasteiger partial charge on any atom is 0.255 e. The molecule has 1 heterocycles. The SMILES string of the molecule is CN=C(NCc1cccc(OCC(N)=O)c1)NCC1CCCOC1c1ccc(C)cc1.I. The number of halogens is 1. The zero-order valence-corrected chi connectivity index (χ0v) is 21.0. The Balaban J connectivity index is 0.00000363. The molecule has 0 aliphatic carbocycles. The molecule has 1 aliphatic rings. The van der Waals surface area contributed by atoms with Crippen LogP contribution >= 0.6 is 24.0 Å². The van der Waals surface area contributed by atoms with Crippen molar-refractivity contribution in [3.05, 3.63) is 65.2 Å². The van der Waals surface area contributed by atoms with Crippen LogP contribution in [-0.2, 0) is 16.1 Å². The maximum absolute atomic E-state index is 10.9. The predicted octanol–water partition coefficient (Wildman–Crippen LogP) is 3.31. The molecular formula is C24H33IN4O3. The molecule has 1 amide bonds. The van der Waals surface area contributed by atoms with Gasteiger partial charge in [0.2, 0.25) is 0 Å².